The van der Waals surface area contributed by atoms with Crippen molar-refractivity contribution in [1.82, 2.24) is 14.8 Å². The molecule has 1 atom stereocenters. The van der Waals surface area contributed by atoms with Crippen molar-refractivity contribution in [1.29, 1.82) is 0 Å². The zero-order chi connectivity index (χ0) is 19.1. The van der Waals surface area contributed by atoms with Gasteiger partial charge in [-0.05, 0) is 24.6 Å². The lowest BCUT2D eigenvalue weighted by atomic mass is 10.1. The molecule has 138 valence electrons. The highest BCUT2D eigenvalue weighted by Crippen LogP contribution is 2.32. The van der Waals surface area contributed by atoms with Crippen LogP contribution in [0.5, 0.6) is 5.75 Å². The molecule has 0 aliphatic carbocycles. The van der Waals surface area contributed by atoms with Crippen molar-refractivity contribution < 1.29 is 27.5 Å². The SMILES string of the molecule is COc1ccc(C)cc1NC(=O)[C@@H]1CC(=O)Nc2nc(C(F)(F)F)nn21. The maximum absolute atomic E-state index is 12.8. The lowest BCUT2D eigenvalue weighted by Crippen LogP contribution is -2.36. The monoisotopic (exact) mass is 369 g/mol. The molecule has 0 saturated carbocycles. The summed E-state index contributed by atoms with van der Waals surface area (Å²) < 4.78 is 44.4. The molecule has 2 amide bonds. The van der Waals surface area contributed by atoms with Crippen LogP contribution in [0.3, 0.4) is 0 Å². The van der Waals surface area contributed by atoms with Gasteiger partial charge < -0.3 is 10.1 Å². The fourth-order valence-corrected chi connectivity index (χ4v) is 2.52. The summed E-state index contributed by atoms with van der Waals surface area (Å²) >= 11 is 0. The van der Waals surface area contributed by atoms with Crippen molar-refractivity contribution >= 4 is 23.5 Å². The number of carbonyl (C=O) groups is 2. The predicted molar refractivity (Wildman–Crippen MR) is 83.7 cm³/mol. The normalized spacial score (nSPS) is 16.7. The number of fused-ring (bicyclic) bond motifs is 1. The van der Waals surface area contributed by atoms with E-state index in [9.17, 15) is 22.8 Å². The van der Waals surface area contributed by atoms with Crippen LogP contribution < -0.4 is 15.4 Å². The molecular weight excluding hydrogens is 355 g/mol. The van der Waals surface area contributed by atoms with Gasteiger partial charge in [0, 0.05) is 0 Å². The number of amides is 2. The summed E-state index contributed by atoms with van der Waals surface area (Å²) in [6.07, 6.45) is -5.16. The zero-order valence-electron chi connectivity index (χ0n) is 13.7. The van der Waals surface area contributed by atoms with Gasteiger partial charge in [0.2, 0.25) is 17.8 Å². The van der Waals surface area contributed by atoms with Crippen molar-refractivity contribution in [2.75, 3.05) is 17.7 Å². The van der Waals surface area contributed by atoms with E-state index >= 15 is 0 Å². The van der Waals surface area contributed by atoms with E-state index in [1.807, 2.05) is 0 Å². The van der Waals surface area contributed by atoms with Gasteiger partial charge in [0.05, 0.1) is 19.2 Å². The van der Waals surface area contributed by atoms with Gasteiger partial charge in [0.1, 0.15) is 11.8 Å². The second-order valence-electron chi connectivity index (χ2n) is 5.66. The fraction of sp³-hybridized carbons (Fsp3) is 0.333. The number of aryl methyl sites for hydroxylation is 1. The highest BCUT2D eigenvalue weighted by Gasteiger charge is 2.41. The second-order valence-corrected chi connectivity index (χ2v) is 5.66. The van der Waals surface area contributed by atoms with Crippen molar-refractivity contribution in [3.05, 3.63) is 29.6 Å². The number of halogens is 3. The largest absolute Gasteiger partial charge is 0.495 e. The van der Waals surface area contributed by atoms with E-state index < -0.39 is 35.8 Å². The minimum atomic E-state index is -4.80. The standard InChI is InChI=1S/C15H14F3N5O3/c1-7-3-4-10(26-2)8(5-7)19-12(25)9-6-11(24)20-14-21-13(15(16,17)18)22-23(9)14/h3-5,9H,6H2,1-2H3,(H,19,25)(H,20,21,22,24)/t9-/m0/s1. The Balaban J connectivity index is 1.93. The third-order valence-corrected chi connectivity index (χ3v) is 3.73. The number of hydrogen-bond donors (Lipinski definition) is 2. The average molecular weight is 369 g/mol. The number of nitrogens with zero attached hydrogens (tertiary/aromatic N) is 3. The van der Waals surface area contributed by atoms with Gasteiger partial charge in [0.25, 0.3) is 5.82 Å². The Hall–Kier alpha value is -3.11. The molecule has 26 heavy (non-hydrogen) atoms. The van der Waals surface area contributed by atoms with Crippen LogP contribution in [-0.4, -0.2) is 33.7 Å². The van der Waals surface area contributed by atoms with Gasteiger partial charge in [-0.3, -0.25) is 14.9 Å². The van der Waals surface area contributed by atoms with E-state index in [0.717, 1.165) is 10.2 Å². The molecule has 1 aliphatic heterocycles. The highest BCUT2D eigenvalue weighted by molar-refractivity contribution is 6.01. The summed E-state index contributed by atoms with van der Waals surface area (Å²) in [7, 11) is 1.42. The third-order valence-electron chi connectivity index (χ3n) is 3.73. The number of alkyl halides is 3. The Labute approximate surface area is 145 Å². The molecule has 0 fully saturated rings. The lowest BCUT2D eigenvalue weighted by molar-refractivity contribution is -0.145. The number of anilines is 2. The minimum Gasteiger partial charge on any atom is -0.495 e. The Bertz CT molecular complexity index is 878. The molecule has 1 aromatic heterocycles. The Morgan fingerprint density at radius 1 is 1.42 bits per heavy atom. The summed E-state index contributed by atoms with van der Waals surface area (Å²) in [5, 5.41) is 8.08. The number of methoxy groups -OCH3 is 1. The molecular formula is C15H14F3N5O3. The van der Waals surface area contributed by atoms with E-state index in [0.29, 0.717) is 11.4 Å². The molecule has 1 aromatic carbocycles. The van der Waals surface area contributed by atoms with Gasteiger partial charge in [-0.25, -0.2) is 4.68 Å². The van der Waals surface area contributed by atoms with Crippen LogP contribution >= 0.6 is 0 Å². The van der Waals surface area contributed by atoms with E-state index in [4.69, 9.17) is 4.74 Å². The maximum atomic E-state index is 12.8. The van der Waals surface area contributed by atoms with E-state index in [1.165, 1.54) is 7.11 Å². The molecule has 0 saturated heterocycles. The van der Waals surface area contributed by atoms with Crippen molar-refractivity contribution in [2.24, 2.45) is 0 Å². The molecule has 2 N–H and O–H groups in total. The van der Waals surface area contributed by atoms with Gasteiger partial charge in [-0.15, -0.1) is 5.10 Å². The number of carbonyl (C=O) groups excluding carboxylic acids is 2. The highest BCUT2D eigenvalue weighted by atomic mass is 19.4. The lowest BCUT2D eigenvalue weighted by Gasteiger charge is -2.23. The minimum absolute atomic E-state index is 0.334. The first-order valence-corrected chi connectivity index (χ1v) is 7.48. The molecule has 0 radical (unpaired) electrons. The van der Waals surface area contributed by atoms with Crippen LogP contribution in [-0.2, 0) is 15.8 Å². The summed E-state index contributed by atoms with van der Waals surface area (Å²) in [6.45, 7) is 1.80. The number of benzene rings is 1. The molecule has 2 heterocycles. The van der Waals surface area contributed by atoms with Crippen LogP contribution in [0.25, 0.3) is 0 Å². The van der Waals surface area contributed by atoms with Gasteiger partial charge in [-0.2, -0.15) is 18.2 Å². The summed E-state index contributed by atoms with van der Waals surface area (Å²) in [4.78, 5) is 27.6. The first-order valence-electron chi connectivity index (χ1n) is 7.48. The fourth-order valence-electron chi connectivity index (χ4n) is 2.52. The van der Waals surface area contributed by atoms with Crippen LogP contribution in [0.1, 0.15) is 23.9 Å². The summed E-state index contributed by atoms with van der Waals surface area (Å²) in [6, 6.07) is 3.78. The number of hydrogen-bond acceptors (Lipinski definition) is 5. The van der Waals surface area contributed by atoms with Crippen molar-refractivity contribution in [3.8, 4) is 5.75 Å². The number of rotatable bonds is 3. The van der Waals surface area contributed by atoms with Crippen molar-refractivity contribution in [2.45, 2.75) is 25.6 Å². The number of aromatic nitrogens is 3. The average Bonchev–Trinajstić information content (AvgIpc) is 2.98. The maximum Gasteiger partial charge on any atom is 0.453 e. The van der Waals surface area contributed by atoms with Gasteiger partial charge in [-0.1, -0.05) is 6.07 Å². The predicted octanol–water partition coefficient (Wildman–Crippen LogP) is 2.14. The topological polar surface area (TPSA) is 98.1 Å². The first kappa shape index (κ1) is 17.7. The Morgan fingerprint density at radius 3 is 2.81 bits per heavy atom. The molecule has 11 heteroatoms. The van der Waals surface area contributed by atoms with Gasteiger partial charge >= 0.3 is 6.18 Å². The zero-order valence-corrected chi connectivity index (χ0v) is 13.7. The summed E-state index contributed by atoms with van der Waals surface area (Å²) in [5.41, 5.74) is 1.17. The van der Waals surface area contributed by atoms with Crippen LogP contribution in [0, 0.1) is 6.92 Å². The van der Waals surface area contributed by atoms with Crippen LogP contribution in [0.2, 0.25) is 0 Å². The quantitative estimate of drug-likeness (QED) is 0.864. The number of ether oxygens (including phenoxy) is 1. The third kappa shape index (κ3) is 3.32. The Morgan fingerprint density at radius 2 is 2.15 bits per heavy atom. The molecule has 1 aliphatic rings. The number of nitrogens with one attached hydrogen (secondary N) is 2. The van der Waals surface area contributed by atoms with Crippen LogP contribution in [0.15, 0.2) is 18.2 Å². The van der Waals surface area contributed by atoms with Crippen molar-refractivity contribution in [3.63, 3.8) is 0 Å². The Kier molecular flexibility index (Phi) is 4.30. The molecule has 0 unspecified atom stereocenters. The molecule has 3 rings (SSSR count). The molecule has 0 spiro atoms. The van der Waals surface area contributed by atoms with E-state index in [1.54, 1.807) is 25.1 Å². The molecule has 8 nitrogen and oxygen atoms in total. The van der Waals surface area contributed by atoms with Gasteiger partial charge in [0.15, 0.2) is 0 Å². The summed E-state index contributed by atoms with van der Waals surface area (Å²) in [5.74, 6) is -2.82. The van der Waals surface area contributed by atoms with E-state index in [-0.39, 0.29) is 6.42 Å². The second kappa shape index (κ2) is 6.32. The molecule has 0 bridgehead atoms. The van der Waals surface area contributed by atoms with E-state index in [2.05, 4.69) is 20.7 Å². The van der Waals surface area contributed by atoms with Crippen LogP contribution in [0.4, 0.5) is 24.8 Å². The first-order chi connectivity index (χ1) is 12.2. The molecule has 2 aromatic rings. The smallest absolute Gasteiger partial charge is 0.453 e.